The Morgan fingerprint density at radius 2 is 2.00 bits per heavy atom. The summed E-state index contributed by atoms with van der Waals surface area (Å²) < 4.78 is 4.40. The Labute approximate surface area is 152 Å². The third-order valence-corrected chi connectivity index (χ3v) is 6.59. The molecular formula is C18H15AsClN4. The summed E-state index contributed by atoms with van der Waals surface area (Å²) in [4.78, 5) is 8.92. The molecule has 4 rings (SSSR count). The summed E-state index contributed by atoms with van der Waals surface area (Å²) in [5.74, 6) is 0.991. The Morgan fingerprint density at radius 3 is 2.79 bits per heavy atom. The van der Waals surface area contributed by atoms with E-state index in [-0.39, 0.29) is 16.0 Å². The number of benzene rings is 2. The van der Waals surface area contributed by atoms with Crippen LogP contribution in [0.1, 0.15) is 5.56 Å². The Bertz CT molecular complexity index is 862. The summed E-state index contributed by atoms with van der Waals surface area (Å²) in [7, 11) is 0. The third kappa shape index (κ3) is 3.26. The van der Waals surface area contributed by atoms with E-state index in [9.17, 15) is 0 Å². The zero-order chi connectivity index (χ0) is 16.4. The normalized spacial score (nSPS) is 14.0. The van der Waals surface area contributed by atoms with Gasteiger partial charge < -0.3 is 0 Å². The molecule has 1 aliphatic heterocycles. The van der Waals surface area contributed by atoms with Crippen molar-refractivity contribution in [1.82, 2.24) is 9.55 Å². The van der Waals surface area contributed by atoms with Gasteiger partial charge in [-0.1, -0.05) is 0 Å². The average Bonchev–Trinajstić information content (AvgIpc) is 3.15. The molecule has 0 saturated heterocycles. The number of nitrogens with zero attached hydrogens (tertiary/aromatic N) is 4. The van der Waals surface area contributed by atoms with Crippen molar-refractivity contribution in [1.29, 1.82) is 0 Å². The fraction of sp³-hybridized carbons (Fsp3) is 0.111. The number of halogens is 1. The molecule has 1 radical (unpaired) electrons. The van der Waals surface area contributed by atoms with E-state index in [0.29, 0.717) is 0 Å². The van der Waals surface area contributed by atoms with Gasteiger partial charge in [-0.25, -0.2) is 0 Å². The minimum absolute atomic E-state index is 0.0543. The van der Waals surface area contributed by atoms with Crippen molar-refractivity contribution in [3.8, 4) is 0 Å². The average molecular weight is 398 g/mol. The fourth-order valence-corrected chi connectivity index (χ4v) is 5.06. The van der Waals surface area contributed by atoms with Gasteiger partial charge in [0.2, 0.25) is 0 Å². The SMILES string of the molecule is Clc1ccc2c(c1)N([As]Cc1ccccc1)CC(n1ccnc1)=N2. The summed E-state index contributed by atoms with van der Waals surface area (Å²) in [5.41, 5.74) is 3.47. The van der Waals surface area contributed by atoms with Crippen LogP contribution in [0, 0.1) is 0 Å². The molecular weight excluding hydrogens is 383 g/mol. The molecule has 0 fully saturated rings. The predicted molar refractivity (Wildman–Crippen MR) is 99.4 cm³/mol. The van der Waals surface area contributed by atoms with E-state index >= 15 is 0 Å². The molecule has 6 heteroatoms. The molecule has 1 aliphatic rings. The van der Waals surface area contributed by atoms with Gasteiger partial charge in [0.1, 0.15) is 0 Å². The second-order valence-corrected chi connectivity index (χ2v) is 8.18. The molecule has 119 valence electrons. The van der Waals surface area contributed by atoms with Crippen molar-refractivity contribution >= 4 is 44.8 Å². The van der Waals surface area contributed by atoms with Crippen LogP contribution in [-0.4, -0.2) is 37.9 Å². The van der Waals surface area contributed by atoms with Crippen LogP contribution in [0.15, 0.2) is 72.2 Å². The van der Waals surface area contributed by atoms with Gasteiger partial charge in [-0.05, 0) is 0 Å². The molecule has 0 amide bonds. The van der Waals surface area contributed by atoms with Crippen molar-refractivity contribution in [2.45, 2.75) is 5.21 Å². The van der Waals surface area contributed by atoms with E-state index in [1.807, 2.05) is 29.0 Å². The van der Waals surface area contributed by atoms with E-state index in [1.165, 1.54) is 5.56 Å². The van der Waals surface area contributed by atoms with Gasteiger partial charge in [0.05, 0.1) is 0 Å². The van der Waals surface area contributed by atoms with Gasteiger partial charge in [0.25, 0.3) is 0 Å². The molecule has 2 aromatic carbocycles. The zero-order valence-electron chi connectivity index (χ0n) is 12.9. The van der Waals surface area contributed by atoms with Gasteiger partial charge in [-0.3, -0.25) is 0 Å². The summed E-state index contributed by atoms with van der Waals surface area (Å²) in [6.45, 7) is 0.774. The molecule has 0 N–H and O–H groups in total. The Balaban J connectivity index is 1.64. The van der Waals surface area contributed by atoms with Crippen LogP contribution >= 0.6 is 11.6 Å². The standard InChI is InChI=1S/C18H15AsClN4/c20-15-6-7-16-17(10-15)24(19-11-14-4-2-1-3-5-14)12-18(22-16)23-9-8-21-13-23/h1-10,13H,11-12H2. The van der Waals surface area contributed by atoms with Gasteiger partial charge in [-0.15, -0.1) is 0 Å². The molecule has 1 aromatic heterocycles. The van der Waals surface area contributed by atoms with Crippen LogP contribution in [0.3, 0.4) is 0 Å². The third-order valence-electron chi connectivity index (χ3n) is 3.83. The predicted octanol–water partition coefficient (Wildman–Crippen LogP) is 3.75. The first-order valence-electron chi connectivity index (χ1n) is 7.64. The number of hydrogen-bond donors (Lipinski definition) is 0. The summed E-state index contributed by atoms with van der Waals surface area (Å²) in [6.07, 6.45) is 5.51. The molecule has 24 heavy (non-hydrogen) atoms. The van der Waals surface area contributed by atoms with Crippen LogP contribution in [0.2, 0.25) is 5.02 Å². The topological polar surface area (TPSA) is 33.4 Å². The number of aliphatic imine (C=N–C) groups is 1. The summed E-state index contributed by atoms with van der Waals surface area (Å²) in [6, 6.07) is 16.5. The maximum absolute atomic E-state index is 6.22. The number of fused-ring (bicyclic) bond motifs is 1. The molecule has 3 aromatic rings. The second kappa shape index (κ2) is 6.84. The van der Waals surface area contributed by atoms with Crippen molar-refractivity contribution in [2.24, 2.45) is 4.99 Å². The quantitative estimate of drug-likeness (QED) is 0.631. The minimum atomic E-state index is -0.0543. The first-order chi connectivity index (χ1) is 11.8. The number of rotatable bonds is 3. The molecule has 2 heterocycles. The molecule has 0 saturated carbocycles. The summed E-state index contributed by atoms with van der Waals surface area (Å²) in [5, 5.41) is 1.82. The van der Waals surface area contributed by atoms with E-state index in [4.69, 9.17) is 16.6 Å². The van der Waals surface area contributed by atoms with Gasteiger partial charge in [0.15, 0.2) is 0 Å². The Kier molecular flexibility index (Phi) is 4.41. The monoisotopic (exact) mass is 397 g/mol. The van der Waals surface area contributed by atoms with Crippen LogP contribution in [-0.2, 0) is 5.21 Å². The van der Waals surface area contributed by atoms with E-state index in [1.54, 1.807) is 12.5 Å². The Hall–Kier alpha value is -2.03. The van der Waals surface area contributed by atoms with Crippen molar-refractivity contribution < 1.29 is 0 Å². The molecule has 4 nitrogen and oxygen atoms in total. The van der Waals surface area contributed by atoms with Crippen molar-refractivity contribution in [3.05, 3.63) is 77.8 Å². The first kappa shape index (κ1) is 15.5. The van der Waals surface area contributed by atoms with Crippen LogP contribution in [0.4, 0.5) is 11.4 Å². The molecule has 0 atom stereocenters. The van der Waals surface area contributed by atoms with Crippen molar-refractivity contribution in [3.63, 3.8) is 0 Å². The van der Waals surface area contributed by atoms with Gasteiger partial charge in [0, 0.05) is 0 Å². The van der Waals surface area contributed by atoms with Gasteiger partial charge in [-0.2, -0.15) is 0 Å². The zero-order valence-corrected chi connectivity index (χ0v) is 15.5. The number of anilines is 1. The van der Waals surface area contributed by atoms with Crippen LogP contribution in [0.25, 0.3) is 0 Å². The van der Waals surface area contributed by atoms with Crippen LogP contribution < -0.4 is 3.82 Å². The van der Waals surface area contributed by atoms with E-state index < -0.39 is 0 Å². The number of imidazole rings is 1. The first-order valence-corrected chi connectivity index (χ1v) is 10.2. The fourth-order valence-electron chi connectivity index (χ4n) is 2.62. The number of hydrogen-bond acceptors (Lipinski definition) is 3. The van der Waals surface area contributed by atoms with Gasteiger partial charge >= 0.3 is 153 Å². The second-order valence-electron chi connectivity index (χ2n) is 5.47. The maximum atomic E-state index is 6.22. The molecule has 0 unspecified atom stereocenters. The molecule has 0 spiro atoms. The van der Waals surface area contributed by atoms with Crippen molar-refractivity contribution in [2.75, 3.05) is 10.4 Å². The molecule has 0 bridgehead atoms. The van der Waals surface area contributed by atoms with Crippen LogP contribution in [0.5, 0.6) is 0 Å². The Morgan fingerprint density at radius 1 is 1.12 bits per heavy atom. The van der Waals surface area contributed by atoms with E-state index in [2.05, 4.69) is 39.1 Å². The number of aromatic nitrogens is 2. The molecule has 0 aliphatic carbocycles. The summed E-state index contributed by atoms with van der Waals surface area (Å²) >= 11 is 6.16. The van der Waals surface area contributed by atoms with E-state index in [0.717, 1.165) is 34.0 Å².